The van der Waals surface area contributed by atoms with Crippen LogP contribution in [-0.4, -0.2) is 22.8 Å². The smallest absolute Gasteiger partial charge is 0.272 e. The van der Waals surface area contributed by atoms with Gasteiger partial charge in [-0.25, -0.2) is 5.10 Å². The molecule has 4 aromatic rings. The molecule has 6 nitrogen and oxygen atoms in total. The summed E-state index contributed by atoms with van der Waals surface area (Å²) in [4.78, 5) is 34.5. The van der Waals surface area contributed by atoms with Crippen molar-refractivity contribution in [2.75, 3.05) is 5.32 Å². The van der Waals surface area contributed by atoms with E-state index in [2.05, 4.69) is 15.5 Å². The van der Waals surface area contributed by atoms with Crippen molar-refractivity contribution in [3.05, 3.63) is 105 Å². The van der Waals surface area contributed by atoms with E-state index in [1.165, 1.54) is 0 Å². The standard InChI is InChI=1S/C24H17N3O3/c28-12-14-4-8-16(9-5-14)20-22(17-10-6-15(13-29)7-11-17)25-19-3-1-2-18-21(19)23(20)26-27-24(18)30/h1-13,20,22,25H,(H,27,30). The molecule has 2 N–H and O–H groups in total. The molecule has 0 fully saturated rings. The Morgan fingerprint density at radius 1 is 0.800 bits per heavy atom. The van der Waals surface area contributed by atoms with Crippen molar-refractivity contribution < 1.29 is 9.59 Å². The van der Waals surface area contributed by atoms with Gasteiger partial charge in [0.15, 0.2) is 0 Å². The summed E-state index contributed by atoms with van der Waals surface area (Å²) >= 11 is 0. The molecule has 0 aliphatic carbocycles. The fourth-order valence-corrected chi connectivity index (χ4v) is 4.19. The van der Waals surface area contributed by atoms with Crippen LogP contribution in [0.15, 0.2) is 71.5 Å². The van der Waals surface area contributed by atoms with Crippen molar-refractivity contribution in [1.29, 1.82) is 0 Å². The lowest BCUT2D eigenvalue weighted by Gasteiger charge is -2.34. The summed E-state index contributed by atoms with van der Waals surface area (Å²) < 4.78 is 0. The van der Waals surface area contributed by atoms with Crippen LogP contribution in [0.4, 0.5) is 5.69 Å². The zero-order chi connectivity index (χ0) is 20.7. The molecule has 0 bridgehead atoms. The largest absolute Gasteiger partial charge is 0.377 e. The molecular weight excluding hydrogens is 378 g/mol. The lowest BCUT2D eigenvalue weighted by Crippen LogP contribution is -2.28. The highest BCUT2D eigenvalue weighted by molar-refractivity contribution is 5.97. The highest BCUT2D eigenvalue weighted by Crippen LogP contribution is 2.46. The second-order valence-corrected chi connectivity index (χ2v) is 7.33. The van der Waals surface area contributed by atoms with Gasteiger partial charge >= 0.3 is 0 Å². The monoisotopic (exact) mass is 395 g/mol. The Kier molecular flexibility index (Phi) is 4.25. The molecule has 2 unspecified atom stereocenters. The van der Waals surface area contributed by atoms with Crippen molar-refractivity contribution in [2.45, 2.75) is 12.0 Å². The van der Waals surface area contributed by atoms with E-state index in [0.29, 0.717) is 16.5 Å². The van der Waals surface area contributed by atoms with Gasteiger partial charge in [-0.2, -0.15) is 5.10 Å². The third-order valence-corrected chi connectivity index (χ3v) is 5.65. The fourth-order valence-electron chi connectivity index (χ4n) is 4.19. The third-order valence-electron chi connectivity index (χ3n) is 5.65. The summed E-state index contributed by atoms with van der Waals surface area (Å²) in [5.74, 6) is -0.206. The molecule has 1 aromatic heterocycles. The molecule has 3 aromatic carbocycles. The Morgan fingerprint density at radius 3 is 2.07 bits per heavy atom. The quantitative estimate of drug-likeness (QED) is 0.512. The van der Waals surface area contributed by atoms with Gasteiger partial charge in [0.05, 0.1) is 23.0 Å². The van der Waals surface area contributed by atoms with E-state index in [-0.39, 0.29) is 17.5 Å². The number of aromatic nitrogens is 2. The second kappa shape index (κ2) is 7.08. The van der Waals surface area contributed by atoms with Gasteiger partial charge in [0.1, 0.15) is 12.6 Å². The van der Waals surface area contributed by atoms with Crippen LogP contribution >= 0.6 is 0 Å². The number of hydrogen-bond acceptors (Lipinski definition) is 5. The van der Waals surface area contributed by atoms with Gasteiger partial charge < -0.3 is 5.32 Å². The van der Waals surface area contributed by atoms with E-state index in [0.717, 1.165) is 40.5 Å². The predicted octanol–water partition coefficient (Wildman–Crippen LogP) is 3.85. The molecule has 0 spiro atoms. The molecule has 0 saturated carbocycles. The van der Waals surface area contributed by atoms with Gasteiger partial charge in [-0.15, -0.1) is 0 Å². The van der Waals surface area contributed by atoms with E-state index in [1.54, 1.807) is 30.3 Å². The highest BCUT2D eigenvalue weighted by Gasteiger charge is 2.34. The summed E-state index contributed by atoms with van der Waals surface area (Å²) in [6.45, 7) is 0. The average Bonchev–Trinajstić information content (AvgIpc) is 2.81. The van der Waals surface area contributed by atoms with Gasteiger partial charge in [-0.3, -0.25) is 14.4 Å². The van der Waals surface area contributed by atoms with Gasteiger partial charge in [0, 0.05) is 22.2 Å². The number of H-pyrrole nitrogens is 1. The Labute approximate surface area is 171 Å². The summed E-state index contributed by atoms with van der Waals surface area (Å²) in [5.41, 5.74) is 4.52. The zero-order valence-electron chi connectivity index (χ0n) is 15.8. The van der Waals surface area contributed by atoms with Crippen LogP contribution in [-0.2, 0) is 0 Å². The van der Waals surface area contributed by atoms with E-state index in [1.807, 2.05) is 36.4 Å². The highest BCUT2D eigenvalue weighted by atomic mass is 16.1. The number of nitrogens with one attached hydrogen (secondary N) is 2. The minimum Gasteiger partial charge on any atom is -0.377 e. The maximum Gasteiger partial charge on any atom is 0.272 e. The molecule has 1 aliphatic rings. The maximum atomic E-state index is 12.4. The molecule has 30 heavy (non-hydrogen) atoms. The first-order chi connectivity index (χ1) is 14.7. The molecular formula is C24H17N3O3. The number of carbonyl (C=O) groups excluding carboxylic acids is 2. The summed E-state index contributed by atoms with van der Waals surface area (Å²) in [6, 6.07) is 20.2. The number of hydrogen-bond donors (Lipinski definition) is 2. The fraction of sp³-hybridized carbons (Fsp3) is 0.0833. The zero-order valence-corrected chi connectivity index (χ0v) is 15.8. The molecule has 146 valence electrons. The molecule has 1 aliphatic heterocycles. The van der Waals surface area contributed by atoms with Gasteiger partial charge in [0.2, 0.25) is 0 Å². The minimum atomic E-state index is -0.235. The Balaban J connectivity index is 1.75. The number of anilines is 1. The van der Waals surface area contributed by atoms with Crippen LogP contribution in [0.5, 0.6) is 0 Å². The molecule has 5 rings (SSSR count). The van der Waals surface area contributed by atoms with Crippen LogP contribution in [0.25, 0.3) is 10.8 Å². The SMILES string of the molecule is O=Cc1ccc(C2Nc3cccc4c(=O)[nH]nc(c34)C2c2ccc(C=O)cc2)cc1. The van der Waals surface area contributed by atoms with Crippen LogP contribution in [0.3, 0.4) is 0 Å². The van der Waals surface area contributed by atoms with Gasteiger partial charge in [-0.1, -0.05) is 54.6 Å². The topological polar surface area (TPSA) is 91.9 Å². The summed E-state index contributed by atoms with van der Waals surface area (Å²) in [5, 5.41) is 12.0. The van der Waals surface area contributed by atoms with Crippen LogP contribution in [0.2, 0.25) is 0 Å². The second-order valence-electron chi connectivity index (χ2n) is 7.33. The molecule has 0 saturated heterocycles. The van der Waals surface area contributed by atoms with E-state index < -0.39 is 0 Å². The number of aromatic amines is 1. The molecule has 0 radical (unpaired) electrons. The third kappa shape index (κ3) is 2.81. The summed E-state index contributed by atoms with van der Waals surface area (Å²) in [7, 11) is 0. The van der Waals surface area contributed by atoms with Crippen LogP contribution in [0.1, 0.15) is 49.5 Å². The normalized spacial score (nSPS) is 17.3. The summed E-state index contributed by atoms with van der Waals surface area (Å²) in [6.07, 6.45) is 1.63. The van der Waals surface area contributed by atoms with Crippen molar-refractivity contribution >= 4 is 29.0 Å². The first-order valence-electron chi connectivity index (χ1n) is 9.57. The average molecular weight is 395 g/mol. The predicted molar refractivity (Wildman–Crippen MR) is 114 cm³/mol. The Hall–Kier alpha value is -4.06. The molecule has 2 heterocycles. The van der Waals surface area contributed by atoms with Crippen LogP contribution in [0, 0.1) is 0 Å². The van der Waals surface area contributed by atoms with Crippen LogP contribution < -0.4 is 10.9 Å². The van der Waals surface area contributed by atoms with Crippen molar-refractivity contribution in [1.82, 2.24) is 10.2 Å². The van der Waals surface area contributed by atoms with Gasteiger partial charge in [-0.05, 0) is 23.3 Å². The van der Waals surface area contributed by atoms with Gasteiger partial charge in [0.25, 0.3) is 5.56 Å². The number of nitrogens with zero attached hydrogens (tertiary/aromatic N) is 1. The molecule has 0 amide bonds. The number of aldehydes is 2. The van der Waals surface area contributed by atoms with E-state index in [9.17, 15) is 14.4 Å². The lowest BCUT2D eigenvalue weighted by atomic mass is 9.80. The molecule has 2 atom stereocenters. The van der Waals surface area contributed by atoms with Crippen molar-refractivity contribution in [3.63, 3.8) is 0 Å². The number of benzene rings is 3. The Morgan fingerprint density at radius 2 is 1.43 bits per heavy atom. The van der Waals surface area contributed by atoms with E-state index in [4.69, 9.17) is 0 Å². The maximum absolute atomic E-state index is 12.4. The number of rotatable bonds is 4. The Bertz CT molecular complexity index is 1320. The minimum absolute atomic E-state index is 0.177. The van der Waals surface area contributed by atoms with Crippen molar-refractivity contribution in [3.8, 4) is 0 Å². The lowest BCUT2D eigenvalue weighted by molar-refractivity contribution is 0.111. The first-order valence-corrected chi connectivity index (χ1v) is 9.57. The first kappa shape index (κ1) is 18.0. The van der Waals surface area contributed by atoms with Crippen molar-refractivity contribution in [2.24, 2.45) is 0 Å². The van der Waals surface area contributed by atoms with E-state index >= 15 is 0 Å². The molecule has 6 heteroatoms. The number of carbonyl (C=O) groups is 2.